The Bertz CT molecular complexity index is 488. The zero-order valence-corrected chi connectivity index (χ0v) is 11.0. The molecule has 1 fully saturated rings. The number of rotatable bonds is 4. The fourth-order valence-electron chi connectivity index (χ4n) is 2.16. The van der Waals surface area contributed by atoms with Gasteiger partial charge < -0.3 is 5.32 Å². The fraction of sp³-hybridized carbons (Fsp3) is 0.700. The predicted octanol–water partition coefficient (Wildman–Crippen LogP) is 0.222. The molecule has 0 unspecified atom stereocenters. The fourth-order valence-corrected chi connectivity index (χ4v) is 4.00. The Morgan fingerprint density at radius 2 is 2.06 bits per heavy atom. The molecule has 7 heteroatoms. The lowest BCUT2D eigenvalue weighted by Crippen LogP contribution is -2.29. The first-order valence-electron chi connectivity index (χ1n) is 5.76. The van der Waals surface area contributed by atoms with Crippen LogP contribution in [0.15, 0.2) is 4.90 Å². The summed E-state index contributed by atoms with van der Waals surface area (Å²) in [6.07, 6.45) is 1.88. The number of aromatic amines is 1. The van der Waals surface area contributed by atoms with Gasteiger partial charge in [-0.25, -0.2) is 8.42 Å². The Hall–Kier alpha value is -0.920. The van der Waals surface area contributed by atoms with Crippen molar-refractivity contribution in [3.63, 3.8) is 0 Å². The maximum absolute atomic E-state index is 12.5. The third-order valence-electron chi connectivity index (χ3n) is 2.97. The molecular weight excluding hydrogens is 240 g/mol. The number of nitrogens with one attached hydrogen (secondary N) is 2. The standard InChI is InChI=1S/C10H18N4O2S/c1-8-10(9(7-11-2)13-12-8)17(15,16)14-5-3-4-6-14/h11H,3-7H2,1-2H3,(H,12,13). The molecule has 96 valence electrons. The Kier molecular flexibility index (Phi) is 3.50. The van der Waals surface area contributed by atoms with E-state index in [1.807, 2.05) is 0 Å². The van der Waals surface area contributed by atoms with Crippen molar-refractivity contribution in [2.24, 2.45) is 0 Å². The summed E-state index contributed by atoms with van der Waals surface area (Å²) in [5, 5.41) is 9.74. The molecular formula is C10H18N4O2S. The van der Waals surface area contributed by atoms with E-state index in [0.717, 1.165) is 12.8 Å². The largest absolute Gasteiger partial charge is 0.314 e. The lowest BCUT2D eigenvalue weighted by molar-refractivity contribution is 0.476. The number of hydrogen-bond acceptors (Lipinski definition) is 4. The first kappa shape index (κ1) is 12.5. The summed E-state index contributed by atoms with van der Waals surface area (Å²) in [5.74, 6) is 0. The molecule has 0 radical (unpaired) electrons. The number of hydrogen-bond donors (Lipinski definition) is 2. The lowest BCUT2D eigenvalue weighted by Gasteiger charge is -2.15. The summed E-state index contributed by atoms with van der Waals surface area (Å²) in [6.45, 7) is 3.43. The minimum absolute atomic E-state index is 0.341. The van der Waals surface area contributed by atoms with E-state index in [1.165, 1.54) is 0 Å². The monoisotopic (exact) mass is 258 g/mol. The van der Waals surface area contributed by atoms with Crippen molar-refractivity contribution in [1.29, 1.82) is 0 Å². The summed E-state index contributed by atoms with van der Waals surface area (Å²) in [4.78, 5) is 0.341. The Balaban J connectivity index is 2.41. The van der Waals surface area contributed by atoms with Crippen LogP contribution in [-0.4, -0.2) is 43.1 Å². The van der Waals surface area contributed by atoms with Crippen LogP contribution in [-0.2, 0) is 16.6 Å². The maximum atomic E-state index is 12.5. The number of nitrogens with zero attached hydrogens (tertiary/aromatic N) is 2. The van der Waals surface area contributed by atoms with E-state index < -0.39 is 10.0 Å². The van der Waals surface area contributed by atoms with E-state index in [1.54, 1.807) is 18.3 Å². The van der Waals surface area contributed by atoms with E-state index >= 15 is 0 Å². The van der Waals surface area contributed by atoms with Gasteiger partial charge in [0, 0.05) is 19.6 Å². The molecule has 2 N–H and O–H groups in total. The van der Waals surface area contributed by atoms with Gasteiger partial charge in [0.05, 0.1) is 11.4 Å². The van der Waals surface area contributed by atoms with Crippen molar-refractivity contribution < 1.29 is 8.42 Å². The molecule has 1 saturated heterocycles. The molecule has 1 aromatic rings. The second-order valence-electron chi connectivity index (χ2n) is 4.27. The molecule has 0 spiro atoms. The van der Waals surface area contributed by atoms with E-state index in [4.69, 9.17) is 0 Å². The minimum Gasteiger partial charge on any atom is -0.314 e. The molecule has 6 nitrogen and oxygen atoms in total. The van der Waals surface area contributed by atoms with Gasteiger partial charge in [-0.3, -0.25) is 5.10 Å². The average molecular weight is 258 g/mol. The van der Waals surface area contributed by atoms with Gasteiger partial charge in [0.1, 0.15) is 4.90 Å². The number of aryl methyl sites for hydroxylation is 1. The smallest absolute Gasteiger partial charge is 0.246 e. The molecule has 0 saturated carbocycles. The highest BCUT2D eigenvalue weighted by molar-refractivity contribution is 7.89. The molecule has 0 aromatic carbocycles. The van der Waals surface area contributed by atoms with Gasteiger partial charge in [0.15, 0.2) is 0 Å². The summed E-state index contributed by atoms with van der Waals surface area (Å²) in [6, 6.07) is 0. The molecule has 17 heavy (non-hydrogen) atoms. The van der Waals surface area contributed by atoms with Crippen LogP contribution in [0, 0.1) is 6.92 Å². The molecule has 1 aliphatic rings. The van der Waals surface area contributed by atoms with E-state index in [2.05, 4.69) is 15.5 Å². The van der Waals surface area contributed by atoms with Crippen LogP contribution >= 0.6 is 0 Å². The first-order valence-corrected chi connectivity index (χ1v) is 7.20. The highest BCUT2D eigenvalue weighted by Gasteiger charge is 2.32. The van der Waals surface area contributed by atoms with Crippen LogP contribution < -0.4 is 5.32 Å². The van der Waals surface area contributed by atoms with Crippen molar-refractivity contribution in [2.75, 3.05) is 20.1 Å². The van der Waals surface area contributed by atoms with Gasteiger partial charge in [-0.2, -0.15) is 9.40 Å². The molecule has 0 amide bonds. The second kappa shape index (κ2) is 4.75. The van der Waals surface area contributed by atoms with Gasteiger partial charge in [-0.05, 0) is 26.8 Å². The number of aromatic nitrogens is 2. The van der Waals surface area contributed by atoms with Crippen LogP contribution in [0.3, 0.4) is 0 Å². The first-order chi connectivity index (χ1) is 8.07. The molecule has 1 aromatic heterocycles. The quantitative estimate of drug-likeness (QED) is 0.810. The van der Waals surface area contributed by atoms with Crippen molar-refractivity contribution >= 4 is 10.0 Å². The Morgan fingerprint density at radius 1 is 1.41 bits per heavy atom. The average Bonchev–Trinajstić information content (AvgIpc) is 2.88. The van der Waals surface area contributed by atoms with E-state index in [9.17, 15) is 8.42 Å². The molecule has 2 rings (SSSR count). The summed E-state index contributed by atoms with van der Waals surface area (Å²) < 4.78 is 26.4. The zero-order valence-electron chi connectivity index (χ0n) is 10.2. The predicted molar refractivity (Wildman–Crippen MR) is 64.1 cm³/mol. The normalized spacial score (nSPS) is 17.8. The van der Waals surface area contributed by atoms with E-state index in [0.29, 0.717) is 35.9 Å². The van der Waals surface area contributed by atoms with Crippen molar-refractivity contribution in [3.8, 4) is 0 Å². The molecule has 0 atom stereocenters. The van der Waals surface area contributed by atoms with Crippen LogP contribution in [0.5, 0.6) is 0 Å². The summed E-state index contributed by atoms with van der Waals surface area (Å²) >= 11 is 0. The van der Waals surface area contributed by atoms with Gasteiger partial charge in [0.25, 0.3) is 0 Å². The molecule has 0 aliphatic carbocycles. The topological polar surface area (TPSA) is 78.1 Å². The van der Waals surface area contributed by atoms with Gasteiger partial charge in [-0.1, -0.05) is 0 Å². The summed E-state index contributed by atoms with van der Waals surface area (Å²) in [7, 11) is -1.61. The van der Waals surface area contributed by atoms with Gasteiger partial charge in [-0.15, -0.1) is 0 Å². The van der Waals surface area contributed by atoms with Crippen LogP contribution in [0.25, 0.3) is 0 Å². The third kappa shape index (κ3) is 2.22. The van der Waals surface area contributed by atoms with Crippen LogP contribution in [0.1, 0.15) is 24.2 Å². The zero-order chi connectivity index (χ0) is 12.5. The highest BCUT2D eigenvalue weighted by Crippen LogP contribution is 2.25. The Labute approximate surface area is 101 Å². The lowest BCUT2D eigenvalue weighted by atomic mass is 10.4. The highest BCUT2D eigenvalue weighted by atomic mass is 32.2. The van der Waals surface area contributed by atoms with Crippen LogP contribution in [0.4, 0.5) is 0 Å². The van der Waals surface area contributed by atoms with Gasteiger partial charge >= 0.3 is 0 Å². The number of H-pyrrole nitrogens is 1. The second-order valence-corrected chi connectivity index (χ2v) is 6.14. The van der Waals surface area contributed by atoms with Crippen LogP contribution in [0.2, 0.25) is 0 Å². The minimum atomic E-state index is -3.38. The van der Waals surface area contributed by atoms with Crippen molar-refractivity contribution in [1.82, 2.24) is 19.8 Å². The summed E-state index contributed by atoms with van der Waals surface area (Å²) in [5.41, 5.74) is 1.18. The maximum Gasteiger partial charge on any atom is 0.246 e. The molecule has 0 bridgehead atoms. The third-order valence-corrected chi connectivity index (χ3v) is 5.07. The number of sulfonamides is 1. The van der Waals surface area contributed by atoms with Crippen molar-refractivity contribution in [2.45, 2.75) is 31.2 Å². The van der Waals surface area contributed by atoms with E-state index in [-0.39, 0.29) is 0 Å². The van der Waals surface area contributed by atoms with Gasteiger partial charge in [0.2, 0.25) is 10.0 Å². The van der Waals surface area contributed by atoms with Crippen molar-refractivity contribution in [3.05, 3.63) is 11.4 Å². The molecule has 1 aliphatic heterocycles. The SMILES string of the molecule is CNCc1n[nH]c(C)c1S(=O)(=O)N1CCCC1. The molecule has 2 heterocycles. The Morgan fingerprint density at radius 3 is 2.65 bits per heavy atom.